The molecular weight excluding hydrogens is 242 g/mol. The van der Waals surface area contributed by atoms with Gasteiger partial charge in [0, 0.05) is 5.69 Å². The zero-order chi connectivity index (χ0) is 13.8. The van der Waals surface area contributed by atoms with Gasteiger partial charge >= 0.3 is 0 Å². The van der Waals surface area contributed by atoms with E-state index in [-0.39, 0.29) is 0 Å². The van der Waals surface area contributed by atoms with Gasteiger partial charge in [-0.2, -0.15) is 0 Å². The van der Waals surface area contributed by atoms with E-state index in [4.69, 9.17) is 5.73 Å². The number of benzene rings is 3. The van der Waals surface area contributed by atoms with Crippen LogP contribution in [0.3, 0.4) is 0 Å². The predicted octanol–water partition coefficient (Wildman–Crippen LogP) is 4.53. The van der Waals surface area contributed by atoms with E-state index in [0.29, 0.717) is 0 Å². The Morgan fingerprint density at radius 2 is 1.00 bits per heavy atom. The monoisotopic (exact) mass is 259 g/mol. The van der Waals surface area contributed by atoms with Crippen molar-refractivity contribution in [3.63, 3.8) is 0 Å². The van der Waals surface area contributed by atoms with Crippen LogP contribution in [0.5, 0.6) is 0 Å². The average molecular weight is 259 g/mol. The van der Waals surface area contributed by atoms with Crippen molar-refractivity contribution in [2.24, 2.45) is 0 Å². The van der Waals surface area contributed by atoms with Gasteiger partial charge in [-0.05, 0) is 40.8 Å². The standard InChI is InChI=1S/C13H10.C6H7N/c1-3-7-12-10(5-1)9-11-6-2-4-8-13(11)12;7-6-4-2-1-3-5-6/h1-8H,9H2;1-5H,7H2. The Labute approximate surface area is 119 Å². The van der Waals surface area contributed by atoms with E-state index >= 15 is 0 Å². The summed E-state index contributed by atoms with van der Waals surface area (Å²) in [6, 6.07) is 26.8. The highest BCUT2D eigenvalue weighted by atomic mass is 14.5. The van der Waals surface area contributed by atoms with Crippen LogP contribution in [0.4, 0.5) is 5.69 Å². The number of anilines is 1. The average Bonchev–Trinajstić information content (AvgIpc) is 2.87. The normalized spacial score (nSPS) is 11.0. The summed E-state index contributed by atoms with van der Waals surface area (Å²) in [4.78, 5) is 0. The van der Waals surface area contributed by atoms with Crippen LogP contribution in [0.1, 0.15) is 11.1 Å². The smallest absolute Gasteiger partial charge is 0.0313 e. The molecule has 0 spiro atoms. The van der Waals surface area contributed by atoms with Gasteiger partial charge in [0.1, 0.15) is 0 Å². The Balaban J connectivity index is 0.000000147. The molecular formula is C19H17N. The summed E-state index contributed by atoms with van der Waals surface area (Å²) in [6.07, 6.45) is 1.10. The van der Waals surface area contributed by atoms with E-state index in [1.165, 1.54) is 22.3 Å². The number of hydrogen-bond donors (Lipinski definition) is 1. The molecule has 0 atom stereocenters. The van der Waals surface area contributed by atoms with Gasteiger partial charge in [0.25, 0.3) is 0 Å². The molecule has 98 valence electrons. The van der Waals surface area contributed by atoms with Gasteiger partial charge in [0.15, 0.2) is 0 Å². The maximum Gasteiger partial charge on any atom is 0.0313 e. The Morgan fingerprint density at radius 1 is 0.550 bits per heavy atom. The molecule has 0 fully saturated rings. The number of para-hydroxylation sites is 1. The van der Waals surface area contributed by atoms with Gasteiger partial charge < -0.3 is 5.73 Å². The highest BCUT2D eigenvalue weighted by Gasteiger charge is 2.15. The minimum Gasteiger partial charge on any atom is -0.399 e. The first kappa shape index (κ1) is 12.5. The second-order valence-corrected chi connectivity index (χ2v) is 4.90. The van der Waals surface area contributed by atoms with E-state index in [9.17, 15) is 0 Å². The molecule has 0 aliphatic heterocycles. The summed E-state index contributed by atoms with van der Waals surface area (Å²) in [7, 11) is 0. The van der Waals surface area contributed by atoms with Gasteiger partial charge in [-0.15, -0.1) is 0 Å². The fraction of sp³-hybridized carbons (Fsp3) is 0.0526. The quantitative estimate of drug-likeness (QED) is 0.461. The van der Waals surface area contributed by atoms with Crippen LogP contribution in [0.15, 0.2) is 78.9 Å². The number of hydrogen-bond acceptors (Lipinski definition) is 1. The van der Waals surface area contributed by atoms with E-state index in [1.54, 1.807) is 0 Å². The van der Waals surface area contributed by atoms with Gasteiger partial charge in [-0.25, -0.2) is 0 Å². The lowest BCUT2D eigenvalue weighted by Crippen LogP contribution is -1.79. The fourth-order valence-electron chi connectivity index (χ4n) is 2.53. The van der Waals surface area contributed by atoms with Crippen molar-refractivity contribution in [3.8, 4) is 11.1 Å². The first-order valence-electron chi connectivity index (χ1n) is 6.81. The number of nitrogen functional groups attached to an aromatic ring is 1. The molecule has 1 heteroatoms. The molecule has 3 aromatic rings. The van der Waals surface area contributed by atoms with Crippen molar-refractivity contribution < 1.29 is 0 Å². The van der Waals surface area contributed by atoms with Crippen LogP contribution in [0.25, 0.3) is 11.1 Å². The Bertz CT molecular complexity index is 658. The number of rotatable bonds is 0. The molecule has 0 heterocycles. The lowest BCUT2D eigenvalue weighted by molar-refractivity contribution is 1.26. The van der Waals surface area contributed by atoms with Crippen LogP contribution >= 0.6 is 0 Å². The summed E-state index contributed by atoms with van der Waals surface area (Å²) in [5, 5.41) is 0. The molecule has 0 unspecified atom stereocenters. The molecule has 1 aliphatic carbocycles. The third kappa shape index (κ3) is 2.57. The summed E-state index contributed by atoms with van der Waals surface area (Å²) in [6.45, 7) is 0. The van der Waals surface area contributed by atoms with E-state index in [1.807, 2.05) is 30.3 Å². The lowest BCUT2D eigenvalue weighted by atomic mass is 10.1. The van der Waals surface area contributed by atoms with Gasteiger partial charge in [0.2, 0.25) is 0 Å². The zero-order valence-corrected chi connectivity index (χ0v) is 11.3. The molecule has 0 saturated heterocycles. The van der Waals surface area contributed by atoms with Crippen LogP contribution in [-0.2, 0) is 6.42 Å². The molecule has 2 N–H and O–H groups in total. The van der Waals surface area contributed by atoms with E-state index < -0.39 is 0 Å². The SMILES string of the molecule is Nc1ccccc1.c1ccc2c(c1)Cc1ccccc1-2. The molecule has 3 aromatic carbocycles. The Hall–Kier alpha value is -2.54. The number of fused-ring (bicyclic) bond motifs is 3. The third-order valence-corrected chi connectivity index (χ3v) is 3.51. The van der Waals surface area contributed by atoms with E-state index in [0.717, 1.165) is 12.1 Å². The molecule has 0 saturated carbocycles. The molecule has 4 rings (SSSR count). The summed E-state index contributed by atoms with van der Waals surface area (Å²) < 4.78 is 0. The predicted molar refractivity (Wildman–Crippen MR) is 85.5 cm³/mol. The van der Waals surface area contributed by atoms with Crippen molar-refractivity contribution in [2.75, 3.05) is 5.73 Å². The minimum absolute atomic E-state index is 0.822. The molecule has 0 radical (unpaired) electrons. The Kier molecular flexibility index (Phi) is 3.51. The van der Waals surface area contributed by atoms with Crippen LogP contribution in [-0.4, -0.2) is 0 Å². The third-order valence-electron chi connectivity index (χ3n) is 3.51. The van der Waals surface area contributed by atoms with Crippen molar-refractivity contribution in [1.29, 1.82) is 0 Å². The van der Waals surface area contributed by atoms with Crippen LogP contribution in [0.2, 0.25) is 0 Å². The maximum absolute atomic E-state index is 5.36. The zero-order valence-electron chi connectivity index (χ0n) is 11.3. The van der Waals surface area contributed by atoms with E-state index in [2.05, 4.69) is 48.5 Å². The molecule has 20 heavy (non-hydrogen) atoms. The molecule has 1 aliphatic rings. The highest BCUT2D eigenvalue weighted by Crippen LogP contribution is 2.35. The summed E-state index contributed by atoms with van der Waals surface area (Å²) >= 11 is 0. The van der Waals surface area contributed by atoms with Gasteiger partial charge in [-0.1, -0.05) is 66.7 Å². The van der Waals surface area contributed by atoms with Gasteiger partial charge in [-0.3, -0.25) is 0 Å². The summed E-state index contributed by atoms with van der Waals surface area (Å²) in [5.74, 6) is 0. The second kappa shape index (κ2) is 5.62. The van der Waals surface area contributed by atoms with Crippen molar-refractivity contribution in [1.82, 2.24) is 0 Å². The fourth-order valence-corrected chi connectivity index (χ4v) is 2.53. The summed E-state index contributed by atoms with van der Waals surface area (Å²) in [5.41, 5.74) is 11.9. The second-order valence-electron chi connectivity index (χ2n) is 4.90. The molecule has 0 aromatic heterocycles. The van der Waals surface area contributed by atoms with Crippen molar-refractivity contribution in [2.45, 2.75) is 6.42 Å². The lowest BCUT2D eigenvalue weighted by Gasteiger charge is -1.98. The highest BCUT2D eigenvalue weighted by molar-refractivity contribution is 5.76. The van der Waals surface area contributed by atoms with Gasteiger partial charge in [0.05, 0.1) is 0 Å². The maximum atomic E-state index is 5.36. The first-order chi connectivity index (χ1) is 9.84. The number of nitrogens with two attached hydrogens (primary N) is 1. The van der Waals surface area contributed by atoms with Crippen molar-refractivity contribution in [3.05, 3.63) is 90.0 Å². The Morgan fingerprint density at radius 3 is 1.45 bits per heavy atom. The van der Waals surface area contributed by atoms with Crippen LogP contribution in [0, 0.1) is 0 Å². The molecule has 0 bridgehead atoms. The van der Waals surface area contributed by atoms with Crippen molar-refractivity contribution >= 4 is 5.69 Å². The first-order valence-corrected chi connectivity index (χ1v) is 6.81. The molecule has 0 amide bonds. The van der Waals surface area contributed by atoms with Crippen LogP contribution < -0.4 is 5.73 Å². The topological polar surface area (TPSA) is 26.0 Å². The minimum atomic E-state index is 0.822. The largest absolute Gasteiger partial charge is 0.399 e. The molecule has 1 nitrogen and oxygen atoms in total.